The first kappa shape index (κ1) is 17.7. The molecule has 0 bridgehead atoms. The van der Waals surface area contributed by atoms with E-state index in [0.717, 1.165) is 15.8 Å². The van der Waals surface area contributed by atoms with Gasteiger partial charge >= 0.3 is 0 Å². The molecule has 4 rings (SSSR count). The zero-order chi connectivity index (χ0) is 18.9. The molecule has 4 aromatic rings. The first-order valence-electron chi connectivity index (χ1n) is 8.24. The third-order valence-corrected chi connectivity index (χ3v) is 6.26. The number of nitrogens with zero attached hydrogens (tertiary/aromatic N) is 1. The summed E-state index contributed by atoms with van der Waals surface area (Å²) in [6, 6.07) is 14.1. The van der Waals surface area contributed by atoms with Crippen LogP contribution in [0.4, 0.5) is 5.69 Å². The summed E-state index contributed by atoms with van der Waals surface area (Å²) in [6.07, 6.45) is 1.56. The average molecular weight is 399 g/mol. The van der Waals surface area contributed by atoms with Crippen LogP contribution in [-0.2, 0) is 16.6 Å². The van der Waals surface area contributed by atoms with E-state index in [1.54, 1.807) is 42.1 Å². The summed E-state index contributed by atoms with van der Waals surface area (Å²) in [5, 5.41) is 3.07. The molecule has 0 amide bonds. The third kappa shape index (κ3) is 3.59. The lowest BCUT2D eigenvalue weighted by atomic mass is 10.1. The molecule has 6 nitrogen and oxygen atoms in total. The van der Waals surface area contributed by atoms with Gasteiger partial charge in [-0.3, -0.25) is 4.72 Å². The largest absolute Gasteiger partial charge is 0.464 e. The lowest BCUT2D eigenvalue weighted by Crippen LogP contribution is -2.14. The first-order valence-corrected chi connectivity index (χ1v) is 10.6. The highest BCUT2D eigenvalue weighted by molar-refractivity contribution is 7.92. The van der Waals surface area contributed by atoms with Crippen LogP contribution in [0.1, 0.15) is 5.56 Å². The van der Waals surface area contributed by atoms with Gasteiger partial charge in [0.1, 0.15) is 5.76 Å². The van der Waals surface area contributed by atoms with E-state index in [-0.39, 0.29) is 4.90 Å². The fraction of sp³-hybridized carbons (Fsp3) is 0.105. The highest BCUT2D eigenvalue weighted by Crippen LogP contribution is 2.32. The van der Waals surface area contributed by atoms with Gasteiger partial charge in [-0.05, 0) is 55.1 Å². The monoisotopic (exact) mass is 399 g/mol. The van der Waals surface area contributed by atoms with Crippen molar-refractivity contribution < 1.29 is 12.8 Å². The van der Waals surface area contributed by atoms with Crippen molar-refractivity contribution in [3.8, 4) is 11.3 Å². The van der Waals surface area contributed by atoms with Crippen molar-refractivity contribution in [2.45, 2.75) is 11.4 Å². The number of furan rings is 1. The highest BCUT2D eigenvalue weighted by atomic mass is 32.2. The summed E-state index contributed by atoms with van der Waals surface area (Å²) in [6.45, 7) is 0.625. The molecule has 8 heteroatoms. The lowest BCUT2D eigenvalue weighted by molar-refractivity contribution is 0.582. The van der Waals surface area contributed by atoms with E-state index in [9.17, 15) is 8.42 Å². The SMILES string of the molecule is CNCc1ccc(-c2ccco2)c(NS(=O)(=O)c2ccc3ncsc3c2)c1. The predicted molar refractivity (Wildman–Crippen MR) is 107 cm³/mol. The number of rotatable bonds is 6. The summed E-state index contributed by atoms with van der Waals surface area (Å²) >= 11 is 1.41. The van der Waals surface area contributed by atoms with Crippen LogP contribution in [0.15, 0.2) is 69.6 Å². The van der Waals surface area contributed by atoms with Crippen molar-refractivity contribution in [1.82, 2.24) is 10.3 Å². The van der Waals surface area contributed by atoms with Gasteiger partial charge in [0, 0.05) is 12.1 Å². The van der Waals surface area contributed by atoms with Crippen LogP contribution in [0.5, 0.6) is 0 Å². The molecule has 0 spiro atoms. The average Bonchev–Trinajstić information content (AvgIpc) is 3.33. The number of anilines is 1. The summed E-state index contributed by atoms with van der Waals surface area (Å²) in [4.78, 5) is 4.39. The van der Waals surface area contributed by atoms with E-state index in [1.165, 1.54) is 11.3 Å². The summed E-state index contributed by atoms with van der Waals surface area (Å²) in [7, 11) is -1.92. The molecule has 0 aliphatic carbocycles. The van der Waals surface area contributed by atoms with E-state index >= 15 is 0 Å². The molecule has 0 saturated carbocycles. The van der Waals surface area contributed by atoms with Gasteiger partial charge < -0.3 is 9.73 Å². The van der Waals surface area contributed by atoms with Crippen LogP contribution >= 0.6 is 11.3 Å². The van der Waals surface area contributed by atoms with Gasteiger partial charge in [0.2, 0.25) is 0 Å². The van der Waals surface area contributed by atoms with Crippen molar-refractivity contribution in [2.24, 2.45) is 0 Å². The zero-order valence-corrected chi connectivity index (χ0v) is 16.1. The number of hydrogen-bond donors (Lipinski definition) is 2. The summed E-state index contributed by atoms with van der Waals surface area (Å²) < 4.78 is 35.0. The van der Waals surface area contributed by atoms with Crippen LogP contribution in [0.2, 0.25) is 0 Å². The molecule has 138 valence electrons. The Morgan fingerprint density at radius 3 is 2.81 bits per heavy atom. The van der Waals surface area contributed by atoms with E-state index in [1.807, 2.05) is 25.2 Å². The number of aromatic nitrogens is 1. The van der Waals surface area contributed by atoms with Crippen LogP contribution in [0.25, 0.3) is 21.5 Å². The molecule has 2 heterocycles. The number of hydrogen-bond acceptors (Lipinski definition) is 6. The topological polar surface area (TPSA) is 84.2 Å². The van der Waals surface area contributed by atoms with E-state index in [0.29, 0.717) is 23.6 Å². The minimum absolute atomic E-state index is 0.198. The molecule has 0 saturated heterocycles. The second kappa shape index (κ2) is 7.15. The Kier molecular flexibility index (Phi) is 4.69. The number of benzene rings is 2. The van der Waals surface area contributed by atoms with E-state index in [4.69, 9.17) is 4.42 Å². The molecular weight excluding hydrogens is 382 g/mol. The Balaban J connectivity index is 1.76. The Labute approximate surface area is 160 Å². The van der Waals surface area contributed by atoms with Crippen molar-refractivity contribution in [1.29, 1.82) is 0 Å². The third-order valence-electron chi connectivity index (χ3n) is 4.11. The fourth-order valence-corrected chi connectivity index (χ4v) is 4.73. The van der Waals surface area contributed by atoms with Crippen molar-refractivity contribution in [2.75, 3.05) is 11.8 Å². The second-order valence-corrected chi connectivity index (χ2v) is 8.54. The van der Waals surface area contributed by atoms with Gasteiger partial charge in [0.25, 0.3) is 10.0 Å². The smallest absolute Gasteiger partial charge is 0.261 e. The molecule has 0 aliphatic heterocycles. The van der Waals surface area contributed by atoms with Crippen LogP contribution in [-0.4, -0.2) is 20.4 Å². The number of nitrogens with one attached hydrogen (secondary N) is 2. The van der Waals surface area contributed by atoms with Crippen LogP contribution in [0.3, 0.4) is 0 Å². The van der Waals surface area contributed by atoms with Gasteiger partial charge in [0.05, 0.1) is 32.6 Å². The molecular formula is C19H17N3O3S2. The summed E-state index contributed by atoms with van der Waals surface area (Å²) in [5.41, 5.74) is 4.60. The standard InChI is InChI=1S/C19H17N3O3S2/c1-20-11-13-4-6-15(18-3-2-8-25-18)17(9-13)22-27(23,24)14-5-7-16-19(10-14)26-12-21-16/h2-10,12,20,22H,11H2,1H3. The van der Waals surface area contributed by atoms with E-state index < -0.39 is 10.0 Å². The maximum absolute atomic E-state index is 13.0. The molecule has 0 aliphatic rings. The van der Waals surface area contributed by atoms with Gasteiger partial charge in [-0.2, -0.15) is 0 Å². The highest BCUT2D eigenvalue weighted by Gasteiger charge is 2.19. The number of fused-ring (bicyclic) bond motifs is 1. The maximum Gasteiger partial charge on any atom is 0.261 e. The first-order chi connectivity index (χ1) is 13.1. The predicted octanol–water partition coefficient (Wildman–Crippen LogP) is 4.08. The Morgan fingerprint density at radius 1 is 1.15 bits per heavy atom. The minimum Gasteiger partial charge on any atom is -0.464 e. The fourth-order valence-electron chi connectivity index (χ4n) is 2.84. The van der Waals surface area contributed by atoms with Gasteiger partial charge in [-0.15, -0.1) is 11.3 Å². The molecule has 0 unspecified atom stereocenters. The molecule has 0 radical (unpaired) electrons. The number of sulfonamides is 1. The molecule has 27 heavy (non-hydrogen) atoms. The molecule has 2 aromatic carbocycles. The molecule has 0 fully saturated rings. The van der Waals surface area contributed by atoms with Gasteiger partial charge in [0.15, 0.2) is 0 Å². The maximum atomic E-state index is 13.0. The van der Waals surface area contributed by atoms with Crippen LogP contribution < -0.4 is 10.0 Å². The summed E-state index contributed by atoms with van der Waals surface area (Å²) in [5.74, 6) is 0.599. The minimum atomic E-state index is -3.76. The zero-order valence-electron chi connectivity index (χ0n) is 14.5. The van der Waals surface area contributed by atoms with Crippen molar-refractivity contribution in [3.05, 3.63) is 65.9 Å². The van der Waals surface area contributed by atoms with E-state index in [2.05, 4.69) is 15.0 Å². The Morgan fingerprint density at radius 2 is 2.04 bits per heavy atom. The second-order valence-electron chi connectivity index (χ2n) is 5.97. The Hall–Kier alpha value is -2.68. The molecule has 2 N–H and O–H groups in total. The lowest BCUT2D eigenvalue weighted by Gasteiger charge is -2.13. The van der Waals surface area contributed by atoms with Crippen LogP contribution in [0, 0.1) is 0 Å². The quantitative estimate of drug-likeness (QED) is 0.510. The number of thiazole rings is 1. The van der Waals surface area contributed by atoms with Crippen molar-refractivity contribution >= 4 is 37.3 Å². The normalized spacial score (nSPS) is 11.7. The molecule has 2 aromatic heterocycles. The van der Waals surface area contributed by atoms with Gasteiger partial charge in [-0.25, -0.2) is 13.4 Å². The Bertz CT molecular complexity index is 1180. The molecule has 0 atom stereocenters. The van der Waals surface area contributed by atoms with Gasteiger partial charge in [-0.1, -0.05) is 6.07 Å². The van der Waals surface area contributed by atoms with Crippen molar-refractivity contribution in [3.63, 3.8) is 0 Å².